The van der Waals surface area contributed by atoms with Crippen molar-refractivity contribution in [2.45, 2.75) is 38.1 Å². The first kappa shape index (κ1) is 24.2. The highest BCUT2D eigenvalue weighted by atomic mass is 35.5. The van der Waals surface area contributed by atoms with Crippen LogP contribution in [0.5, 0.6) is 0 Å². The van der Waals surface area contributed by atoms with Gasteiger partial charge in [-0.3, -0.25) is 9.59 Å². The lowest BCUT2D eigenvalue weighted by molar-refractivity contribution is -0.159. The lowest BCUT2D eigenvalue weighted by Crippen LogP contribution is -2.32. The minimum absolute atomic E-state index is 0.107. The van der Waals surface area contributed by atoms with Gasteiger partial charge in [-0.05, 0) is 55.9 Å². The number of nitrogens with one attached hydrogen (secondary N) is 1. The Morgan fingerprint density at radius 1 is 1.13 bits per heavy atom. The summed E-state index contributed by atoms with van der Waals surface area (Å²) < 4.78 is 9.30. The van der Waals surface area contributed by atoms with Gasteiger partial charge in [0.1, 0.15) is 0 Å². The van der Waals surface area contributed by atoms with Gasteiger partial charge < -0.3 is 25.0 Å². The van der Waals surface area contributed by atoms with Gasteiger partial charge in [0.05, 0.1) is 25.8 Å². The number of carbonyl (C=O) groups excluding carboxylic acids is 2. The fraction of sp³-hybridized carbons (Fsp3) is 0.429. The van der Waals surface area contributed by atoms with E-state index in [2.05, 4.69) is 14.8 Å². The van der Waals surface area contributed by atoms with E-state index in [0.717, 1.165) is 0 Å². The van der Waals surface area contributed by atoms with Crippen LogP contribution >= 0.6 is 11.6 Å². The fourth-order valence-corrected chi connectivity index (χ4v) is 3.80. The number of aliphatic carboxylic acids is 2. The number of carbonyl (C=O) groups is 4. The summed E-state index contributed by atoms with van der Waals surface area (Å²) in [5, 5.41) is 22.3. The van der Waals surface area contributed by atoms with Crippen LogP contribution in [0.3, 0.4) is 0 Å². The van der Waals surface area contributed by atoms with Crippen LogP contribution in [-0.2, 0) is 35.1 Å². The number of esters is 2. The van der Waals surface area contributed by atoms with Gasteiger partial charge in [0.15, 0.2) is 5.92 Å². The number of methoxy groups -OCH3 is 2. The lowest BCUT2D eigenvalue weighted by Gasteiger charge is -2.26. The number of hydrogen-bond acceptors (Lipinski definition) is 7. The van der Waals surface area contributed by atoms with Crippen molar-refractivity contribution in [2.24, 2.45) is 5.92 Å². The Morgan fingerprint density at radius 3 is 2.32 bits per heavy atom. The van der Waals surface area contributed by atoms with E-state index in [1.165, 1.54) is 14.2 Å². The third-order valence-electron chi connectivity index (χ3n) is 5.14. The summed E-state index contributed by atoms with van der Waals surface area (Å²) in [5.74, 6) is -5.03. The average Bonchev–Trinajstić information content (AvgIpc) is 2.74. The Labute approximate surface area is 184 Å². The van der Waals surface area contributed by atoms with Crippen LogP contribution in [0, 0.1) is 5.92 Å². The van der Waals surface area contributed by atoms with Crippen LogP contribution in [0.2, 0.25) is 5.02 Å². The molecule has 168 valence electrons. The Balaban J connectivity index is 2.23. The molecule has 31 heavy (non-hydrogen) atoms. The number of benzene rings is 1. The smallest absolute Gasteiger partial charge is 0.334 e. The van der Waals surface area contributed by atoms with Gasteiger partial charge in [0, 0.05) is 16.3 Å². The SMILES string of the molecule is COC(=O)C(CCc1cc(NC2CCCC(C(=O)O)=C2C(=O)O)ccc1Cl)C(=O)OC. The standard InChI is InChI=1S/C21H24ClNO8/c1-30-20(28)14(21(29)31-2)8-6-11-10-12(7-9-15(11)22)23-16-5-3-4-13(18(24)25)17(16)19(26)27/h7,9-10,14,16,23H,3-6,8H2,1-2H3,(H,24,25)(H,26,27). The van der Waals surface area contributed by atoms with E-state index in [0.29, 0.717) is 29.1 Å². The van der Waals surface area contributed by atoms with E-state index >= 15 is 0 Å². The van der Waals surface area contributed by atoms with Crippen molar-refractivity contribution in [3.8, 4) is 0 Å². The van der Waals surface area contributed by atoms with Crippen molar-refractivity contribution in [2.75, 3.05) is 19.5 Å². The van der Waals surface area contributed by atoms with E-state index in [1.807, 2.05) is 0 Å². The summed E-state index contributed by atoms with van der Waals surface area (Å²) in [6.45, 7) is 0. The highest BCUT2D eigenvalue weighted by Crippen LogP contribution is 2.30. The molecule has 0 radical (unpaired) electrons. The van der Waals surface area contributed by atoms with Gasteiger partial charge in [-0.15, -0.1) is 0 Å². The maximum absolute atomic E-state index is 11.9. The summed E-state index contributed by atoms with van der Waals surface area (Å²) in [6, 6.07) is 4.26. The highest BCUT2D eigenvalue weighted by molar-refractivity contribution is 6.31. The molecule has 1 aliphatic carbocycles. The van der Waals surface area contributed by atoms with E-state index in [1.54, 1.807) is 18.2 Å². The van der Waals surface area contributed by atoms with E-state index in [4.69, 9.17) is 11.6 Å². The molecule has 1 aromatic carbocycles. The zero-order valence-electron chi connectivity index (χ0n) is 17.1. The quantitative estimate of drug-likeness (QED) is 0.380. The number of aryl methyl sites for hydroxylation is 1. The predicted molar refractivity (Wildman–Crippen MR) is 111 cm³/mol. The maximum Gasteiger partial charge on any atom is 0.334 e. The van der Waals surface area contributed by atoms with Crippen molar-refractivity contribution >= 4 is 41.2 Å². The van der Waals surface area contributed by atoms with Gasteiger partial charge in [0.2, 0.25) is 0 Å². The van der Waals surface area contributed by atoms with Gasteiger partial charge in [-0.1, -0.05) is 11.6 Å². The Bertz CT molecular complexity index is 895. The van der Waals surface area contributed by atoms with Crippen LogP contribution in [0.15, 0.2) is 29.3 Å². The number of carboxylic acids is 2. The van der Waals surface area contributed by atoms with Gasteiger partial charge in [0.25, 0.3) is 0 Å². The molecule has 0 aliphatic heterocycles. The van der Waals surface area contributed by atoms with Gasteiger partial charge in [-0.25, -0.2) is 9.59 Å². The first-order valence-electron chi connectivity index (χ1n) is 9.59. The van der Waals surface area contributed by atoms with Crippen molar-refractivity contribution in [1.29, 1.82) is 0 Å². The number of carboxylic acid groups (broad SMARTS) is 2. The minimum Gasteiger partial charge on any atom is -0.478 e. The third-order valence-corrected chi connectivity index (χ3v) is 5.51. The van der Waals surface area contributed by atoms with Crippen LogP contribution in [0.1, 0.15) is 31.2 Å². The zero-order valence-corrected chi connectivity index (χ0v) is 17.9. The zero-order chi connectivity index (χ0) is 23.1. The summed E-state index contributed by atoms with van der Waals surface area (Å²) in [6.07, 6.45) is 1.56. The van der Waals surface area contributed by atoms with Crippen LogP contribution < -0.4 is 5.32 Å². The Kier molecular flexibility index (Phi) is 8.44. The number of hydrogen-bond donors (Lipinski definition) is 3. The molecule has 0 amide bonds. The molecule has 0 saturated carbocycles. The fourth-order valence-electron chi connectivity index (χ4n) is 3.59. The van der Waals surface area contributed by atoms with E-state index in [9.17, 15) is 29.4 Å². The van der Waals surface area contributed by atoms with Crippen molar-refractivity contribution < 1.29 is 38.9 Å². The Hall–Kier alpha value is -3.07. The molecule has 10 heteroatoms. The van der Waals surface area contributed by atoms with E-state index in [-0.39, 0.29) is 30.4 Å². The van der Waals surface area contributed by atoms with Crippen LogP contribution in [0.4, 0.5) is 5.69 Å². The second kappa shape index (κ2) is 10.8. The molecular formula is C21H24ClNO8. The predicted octanol–water partition coefficient (Wildman–Crippen LogP) is 2.67. The topological polar surface area (TPSA) is 139 Å². The van der Waals surface area contributed by atoms with Gasteiger partial charge in [-0.2, -0.15) is 0 Å². The molecule has 9 nitrogen and oxygen atoms in total. The largest absolute Gasteiger partial charge is 0.478 e. The molecule has 2 rings (SSSR count). The summed E-state index contributed by atoms with van der Waals surface area (Å²) >= 11 is 6.25. The molecule has 1 aliphatic rings. The maximum atomic E-state index is 11.9. The number of halogens is 1. The van der Waals surface area contributed by atoms with Crippen LogP contribution in [-0.4, -0.2) is 54.4 Å². The molecule has 1 atom stereocenters. The van der Waals surface area contributed by atoms with Crippen LogP contribution in [0.25, 0.3) is 0 Å². The molecular weight excluding hydrogens is 430 g/mol. The first-order chi connectivity index (χ1) is 14.7. The average molecular weight is 454 g/mol. The third kappa shape index (κ3) is 5.97. The normalized spacial score (nSPS) is 16.1. The molecule has 3 N–H and O–H groups in total. The molecule has 0 heterocycles. The molecule has 0 fully saturated rings. The van der Waals surface area contributed by atoms with E-state index < -0.39 is 35.8 Å². The number of anilines is 1. The second-order valence-corrected chi connectivity index (χ2v) is 7.44. The molecule has 0 bridgehead atoms. The molecule has 1 unspecified atom stereocenters. The summed E-state index contributed by atoms with van der Waals surface area (Å²) in [7, 11) is 2.36. The molecule has 0 aromatic heterocycles. The number of ether oxygens (including phenoxy) is 2. The summed E-state index contributed by atoms with van der Waals surface area (Å²) in [5.41, 5.74) is 0.901. The molecule has 0 saturated heterocycles. The van der Waals surface area contributed by atoms with Gasteiger partial charge >= 0.3 is 23.9 Å². The molecule has 1 aromatic rings. The summed E-state index contributed by atoms with van der Waals surface area (Å²) in [4.78, 5) is 46.8. The van der Waals surface area contributed by atoms with Crippen molar-refractivity contribution in [1.82, 2.24) is 0 Å². The minimum atomic E-state index is -1.28. The lowest BCUT2D eigenvalue weighted by atomic mass is 9.87. The highest BCUT2D eigenvalue weighted by Gasteiger charge is 2.32. The first-order valence-corrected chi connectivity index (χ1v) is 9.97. The Morgan fingerprint density at radius 2 is 1.77 bits per heavy atom. The monoisotopic (exact) mass is 453 g/mol. The van der Waals surface area contributed by atoms with Crippen molar-refractivity contribution in [3.63, 3.8) is 0 Å². The van der Waals surface area contributed by atoms with Crippen molar-refractivity contribution in [3.05, 3.63) is 39.9 Å². The second-order valence-electron chi connectivity index (χ2n) is 7.04. The molecule has 0 spiro atoms. The number of rotatable bonds is 9.